The van der Waals surface area contributed by atoms with Gasteiger partial charge in [0.15, 0.2) is 5.82 Å². The molecular weight excluding hydrogens is 422 g/mol. The van der Waals surface area contributed by atoms with Gasteiger partial charge in [-0.3, -0.25) is 9.59 Å². The summed E-state index contributed by atoms with van der Waals surface area (Å²) in [5, 5.41) is 4.76. The van der Waals surface area contributed by atoms with Crippen LogP contribution in [0.15, 0.2) is 24.7 Å². The van der Waals surface area contributed by atoms with E-state index < -0.39 is 35.9 Å². The van der Waals surface area contributed by atoms with Crippen LogP contribution < -0.4 is 16.4 Å². The lowest BCUT2D eigenvalue weighted by molar-refractivity contribution is -0.140. The summed E-state index contributed by atoms with van der Waals surface area (Å²) < 4.78 is 50.9. The number of primary amides is 1. The van der Waals surface area contributed by atoms with Crippen LogP contribution in [0.25, 0.3) is 22.4 Å². The Bertz CT molecular complexity index is 1170. The zero-order chi connectivity index (χ0) is 23.0. The standard InChI is InChI=1S/C18H17F4N7O2.2H2/c1-17(2,16(31)27-7-18(20,21)22)29-15-11(12(23)30)6-26-14(28-15)10-5-25-13-9(10)3-8(19)4-24-13;;/h3-6H,7H2,1-2H3,(H2,23,30)(H,24,25)(H,27,31)(H,26,28,29);2*1H. The van der Waals surface area contributed by atoms with Crippen molar-refractivity contribution >= 4 is 28.7 Å². The van der Waals surface area contributed by atoms with E-state index in [4.69, 9.17) is 5.73 Å². The van der Waals surface area contributed by atoms with Gasteiger partial charge in [0, 0.05) is 26.2 Å². The second-order valence-electron chi connectivity index (χ2n) is 7.12. The van der Waals surface area contributed by atoms with Gasteiger partial charge in [0.1, 0.15) is 29.4 Å². The molecule has 3 rings (SSSR count). The molecule has 0 atom stereocenters. The lowest BCUT2D eigenvalue weighted by Gasteiger charge is -2.27. The van der Waals surface area contributed by atoms with Gasteiger partial charge in [-0.05, 0) is 19.9 Å². The van der Waals surface area contributed by atoms with Gasteiger partial charge in [-0.2, -0.15) is 13.2 Å². The molecule has 5 N–H and O–H groups in total. The maximum absolute atomic E-state index is 13.6. The van der Waals surface area contributed by atoms with Crippen molar-refractivity contribution in [3.8, 4) is 11.4 Å². The van der Waals surface area contributed by atoms with Gasteiger partial charge < -0.3 is 21.4 Å². The maximum atomic E-state index is 13.6. The molecule has 0 bridgehead atoms. The number of hydrogen-bond acceptors (Lipinski definition) is 6. The number of pyridine rings is 1. The number of nitrogens with one attached hydrogen (secondary N) is 3. The molecule has 0 aromatic carbocycles. The van der Waals surface area contributed by atoms with Gasteiger partial charge in [0.25, 0.3) is 5.91 Å². The summed E-state index contributed by atoms with van der Waals surface area (Å²) >= 11 is 0. The van der Waals surface area contributed by atoms with E-state index in [9.17, 15) is 27.2 Å². The SMILES string of the molecule is CC(C)(Nc1nc(-c2c[nH]c3ncc(F)cc23)ncc1C(N)=O)C(=O)NCC(F)(F)F.[HH].[HH]. The van der Waals surface area contributed by atoms with E-state index in [0.717, 1.165) is 12.4 Å². The van der Waals surface area contributed by atoms with Crippen molar-refractivity contribution in [3.63, 3.8) is 0 Å². The summed E-state index contributed by atoms with van der Waals surface area (Å²) in [6.07, 6.45) is -0.997. The molecule has 9 nitrogen and oxygen atoms in total. The number of aromatic nitrogens is 4. The molecule has 0 fully saturated rings. The first-order valence-corrected chi connectivity index (χ1v) is 8.80. The zero-order valence-electron chi connectivity index (χ0n) is 16.3. The molecule has 0 saturated heterocycles. The molecule has 31 heavy (non-hydrogen) atoms. The van der Waals surface area contributed by atoms with Crippen LogP contribution >= 0.6 is 0 Å². The average Bonchev–Trinajstić information content (AvgIpc) is 3.07. The minimum atomic E-state index is -4.59. The summed E-state index contributed by atoms with van der Waals surface area (Å²) in [6, 6.07) is 1.21. The highest BCUT2D eigenvalue weighted by Crippen LogP contribution is 2.28. The molecule has 3 aromatic rings. The van der Waals surface area contributed by atoms with E-state index in [1.807, 2.05) is 0 Å². The monoisotopic (exact) mass is 443 g/mol. The van der Waals surface area contributed by atoms with Crippen molar-refractivity contribution in [2.45, 2.75) is 25.6 Å². The van der Waals surface area contributed by atoms with Crippen LogP contribution in [0.5, 0.6) is 0 Å². The molecular formula is C18H21F4N7O2. The molecule has 168 valence electrons. The summed E-state index contributed by atoms with van der Waals surface area (Å²) in [4.78, 5) is 39.0. The predicted molar refractivity (Wildman–Crippen MR) is 107 cm³/mol. The number of halogens is 4. The van der Waals surface area contributed by atoms with Gasteiger partial charge in [0.05, 0.1) is 11.8 Å². The number of rotatable bonds is 6. The Morgan fingerprint density at radius 3 is 2.58 bits per heavy atom. The zero-order valence-corrected chi connectivity index (χ0v) is 16.3. The number of H-pyrrole nitrogens is 1. The predicted octanol–water partition coefficient (Wildman–Crippen LogP) is 2.62. The number of carbonyl (C=O) groups is 2. The first-order valence-electron chi connectivity index (χ1n) is 8.80. The largest absolute Gasteiger partial charge is 0.405 e. The fraction of sp³-hybridized carbons (Fsp3) is 0.278. The minimum absolute atomic E-state index is 0. The Balaban J connectivity index is 0.00000272. The molecule has 13 heteroatoms. The molecule has 0 spiro atoms. The van der Waals surface area contributed by atoms with E-state index in [2.05, 4.69) is 25.3 Å². The topological polar surface area (TPSA) is 139 Å². The molecule has 0 saturated carbocycles. The van der Waals surface area contributed by atoms with Crippen molar-refractivity contribution in [1.82, 2.24) is 25.3 Å². The van der Waals surface area contributed by atoms with Crippen molar-refractivity contribution < 1.29 is 30.0 Å². The number of anilines is 1. The molecule has 0 aliphatic rings. The number of amides is 2. The van der Waals surface area contributed by atoms with Crippen LogP contribution in [0.4, 0.5) is 23.4 Å². The van der Waals surface area contributed by atoms with Gasteiger partial charge in [-0.15, -0.1) is 0 Å². The van der Waals surface area contributed by atoms with Crippen LogP contribution in [0.1, 0.15) is 27.1 Å². The molecule has 3 aromatic heterocycles. The average molecular weight is 443 g/mol. The van der Waals surface area contributed by atoms with Crippen LogP contribution in [-0.2, 0) is 4.79 Å². The van der Waals surface area contributed by atoms with Crippen molar-refractivity contribution in [3.05, 3.63) is 36.0 Å². The molecule has 0 aliphatic carbocycles. The Morgan fingerprint density at radius 2 is 1.94 bits per heavy atom. The van der Waals surface area contributed by atoms with Gasteiger partial charge in [-0.25, -0.2) is 19.3 Å². The number of aromatic amines is 1. The van der Waals surface area contributed by atoms with E-state index >= 15 is 0 Å². The molecule has 0 aliphatic heterocycles. The second kappa shape index (κ2) is 7.81. The number of hydrogen-bond donors (Lipinski definition) is 4. The van der Waals surface area contributed by atoms with Gasteiger partial charge in [0.2, 0.25) is 5.91 Å². The molecule has 2 amide bonds. The number of carbonyl (C=O) groups excluding carboxylic acids is 2. The van der Waals surface area contributed by atoms with Crippen LogP contribution in [0.3, 0.4) is 0 Å². The van der Waals surface area contributed by atoms with Gasteiger partial charge >= 0.3 is 6.18 Å². The first kappa shape index (κ1) is 21.9. The van der Waals surface area contributed by atoms with E-state index in [1.54, 1.807) is 5.32 Å². The number of alkyl halides is 3. The van der Waals surface area contributed by atoms with E-state index in [-0.39, 0.29) is 20.1 Å². The minimum Gasteiger partial charge on any atom is -0.365 e. The van der Waals surface area contributed by atoms with Crippen LogP contribution in [-0.4, -0.2) is 50.0 Å². The third kappa shape index (κ3) is 4.87. The highest BCUT2D eigenvalue weighted by atomic mass is 19.4. The Morgan fingerprint density at radius 1 is 1.23 bits per heavy atom. The molecule has 0 radical (unpaired) electrons. The highest BCUT2D eigenvalue weighted by Gasteiger charge is 2.34. The normalized spacial score (nSPS) is 12.1. The quantitative estimate of drug-likeness (QED) is 0.432. The van der Waals surface area contributed by atoms with Crippen molar-refractivity contribution in [2.24, 2.45) is 5.73 Å². The van der Waals surface area contributed by atoms with Crippen molar-refractivity contribution in [1.29, 1.82) is 0 Å². The van der Waals surface area contributed by atoms with Crippen LogP contribution in [0, 0.1) is 5.82 Å². The lowest BCUT2D eigenvalue weighted by Crippen LogP contribution is -2.50. The number of nitrogens with zero attached hydrogens (tertiary/aromatic N) is 3. The van der Waals surface area contributed by atoms with E-state index in [1.165, 1.54) is 26.1 Å². The fourth-order valence-corrected chi connectivity index (χ4v) is 2.70. The summed E-state index contributed by atoms with van der Waals surface area (Å²) in [5.74, 6) is -2.64. The Labute approximate surface area is 175 Å². The number of fused-ring (bicyclic) bond motifs is 1. The van der Waals surface area contributed by atoms with E-state index in [0.29, 0.717) is 16.6 Å². The molecule has 0 unspecified atom stereocenters. The van der Waals surface area contributed by atoms with Crippen molar-refractivity contribution in [2.75, 3.05) is 11.9 Å². The molecule has 3 heterocycles. The fourth-order valence-electron chi connectivity index (χ4n) is 2.70. The van der Waals surface area contributed by atoms with Gasteiger partial charge in [-0.1, -0.05) is 0 Å². The Hall–Kier alpha value is -3.77. The smallest absolute Gasteiger partial charge is 0.365 e. The Kier molecular flexibility index (Phi) is 5.53. The summed E-state index contributed by atoms with van der Waals surface area (Å²) in [5.41, 5.74) is 4.25. The first-order chi connectivity index (χ1) is 14.4. The third-order valence-electron chi connectivity index (χ3n) is 4.24. The third-order valence-corrected chi connectivity index (χ3v) is 4.24. The second-order valence-corrected chi connectivity index (χ2v) is 7.12. The number of nitrogens with two attached hydrogens (primary N) is 1. The lowest BCUT2D eigenvalue weighted by atomic mass is 10.0. The van der Waals surface area contributed by atoms with Crippen LogP contribution in [0.2, 0.25) is 0 Å². The highest BCUT2D eigenvalue weighted by molar-refractivity contribution is 5.99. The maximum Gasteiger partial charge on any atom is 0.405 e. The summed E-state index contributed by atoms with van der Waals surface area (Å²) in [7, 11) is 0. The summed E-state index contributed by atoms with van der Waals surface area (Å²) in [6.45, 7) is 1.08.